The average Bonchev–Trinajstić information content (AvgIpc) is 3.06. The monoisotopic (exact) mass is 308 g/mol. The zero-order chi connectivity index (χ0) is 16.2. The molecule has 0 aliphatic heterocycles. The van der Waals surface area contributed by atoms with Gasteiger partial charge in [-0.15, -0.1) is 0 Å². The highest BCUT2D eigenvalue weighted by Crippen LogP contribution is 2.26. The summed E-state index contributed by atoms with van der Waals surface area (Å²) < 4.78 is 0. The van der Waals surface area contributed by atoms with Crippen LogP contribution in [0.4, 0.5) is 10.5 Å². The molecule has 0 saturated heterocycles. The number of carbonyl (C=O) groups is 1. The number of aromatic amines is 1. The normalized spacial score (nSPS) is 11.9. The Morgan fingerprint density at radius 2 is 1.70 bits per heavy atom. The van der Waals surface area contributed by atoms with Crippen molar-refractivity contribution >= 4 is 11.8 Å². The van der Waals surface area contributed by atoms with Crippen molar-refractivity contribution in [1.29, 1.82) is 0 Å². The van der Waals surface area contributed by atoms with E-state index in [0.29, 0.717) is 17.3 Å². The lowest BCUT2D eigenvalue weighted by molar-refractivity contribution is 0.199. The fourth-order valence-corrected chi connectivity index (χ4v) is 2.39. The van der Waals surface area contributed by atoms with Gasteiger partial charge in [0.2, 0.25) is 0 Å². The third kappa shape index (κ3) is 3.06. The molecule has 0 saturated carbocycles. The Kier molecular flexibility index (Phi) is 4.05. The third-order valence-electron chi connectivity index (χ3n) is 3.56. The first-order valence-electron chi connectivity index (χ1n) is 7.21. The molecule has 23 heavy (non-hydrogen) atoms. The number of benzene rings is 2. The molecule has 0 radical (unpaired) electrons. The van der Waals surface area contributed by atoms with Crippen molar-refractivity contribution in [2.75, 3.05) is 4.90 Å². The van der Waals surface area contributed by atoms with E-state index in [2.05, 4.69) is 15.2 Å². The lowest BCUT2D eigenvalue weighted by Gasteiger charge is -2.24. The molecule has 6 heteroatoms. The Hall–Kier alpha value is -3.15. The highest BCUT2D eigenvalue weighted by Gasteiger charge is 2.25. The van der Waals surface area contributed by atoms with Crippen LogP contribution in [-0.4, -0.2) is 26.4 Å². The summed E-state index contributed by atoms with van der Waals surface area (Å²) in [5, 5.41) is 16.6. The summed E-state index contributed by atoms with van der Waals surface area (Å²) in [6, 6.07) is 18.0. The second-order valence-corrected chi connectivity index (χ2v) is 5.07. The van der Waals surface area contributed by atoms with Crippen molar-refractivity contribution in [3.05, 3.63) is 66.5 Å². The first-order chi connectivity index (χ1) is 11.2. The summed E-state index contributed by atoms with van der Waals surface area (Å²) in [7, 11) is 0. The molecule has 0 aliphatic carbocycles. The molecule has 1 atom stereocenters. The molecular weight excluding hydrogens is 292 g/mol. The number of aromatic nitrogens is 3. The number of nitrogens with zero attached hydrogens (tertiary/aromatic N) is 3. The number of nitrogens with one attached hydrogen (secondary N) is 1. The molecule has 3 aromatic rings. The van der Waals surface area contributed by atoms with Gasteiger partial charge in [0.15, 0.2) is 5.82 Å². The van der Waals surface area contributed by atoms with Gasteiger partial charge < -0.3 is 5.11 Å². The van der Waals surface area contributed by atoms with Gasteiger partial charge in [0.25, 0.3) is 0 Å². The smallest absolute Gasteiger partial charge is 0.412 e. The first kappa shape index (κ1) is 14.8. The molecule has 0 fully saturated rings. The standard InChI is InChI=1S/C17H16N4O2/c1-12(21(17(22)23)14-10-6-3-7-11-14)15-18-16(20-19-15)13-8-4-2-5-9-13/h2-12H,1H3,(H,22,23)(H,18,19,20). The molecule has 1 amide bonds. The minimum absolute atomic E-state index is 0.486. The third-order valence-corrected chi connectivity index (χ3v) is 3.56. The molecule has 6 nitrogen and oxygen atoms in total. The molecule has 2 N–H and O–H groups in total. The maximum atomic E-state index is 11.7. The molecule has 0 bridgehead atoms. The second-order valence-electron chi connectivity index (χ2n) is 5.07. The topological polar surface area (TPSA) is 82.1 Å². The highest BCUT2D eigenvalue weighted by molar-refractivity contribution is 5.86. The van der Waals surface area contributed by atoms with E-state index in [9.17, 15) is 9.90 Å². The largest absolute Gasteiger partial charge is 0.465 e. The van der Waals surface area contributed by atoms with Crippen LogP contribution in [0.3, 0.4) is 0 Å². The number of anilines is 1. The molecule has 3 rings (SSSR count). The number of hydrogen-bond donors (Lipinski definition) is 2. The van der Waals surface area contributed by atoms with Crippen LogP contribution >= 0.6 is 0 Å². The van der Waals surface area contributed by atoms with Crippen molar-refractivity contribution in [3.8, 4) is 11.4 Å². The maximum Gasteiger partial charge on any atom is 0.412 e. The van der Waals surface area contributed by atoms with Crippen molar-refractivity contribution < 1.29 is 9.90 Å². The van der Waals surface area contributed by atoms with Crippen LogP contribution in [0, 0.1) is 0 Å². The summed E-state index contributed by atoms with van der Waals surface area (Å²) in [6.45, 7) is 1.77. The zero-order valence-corrected chi connectivity index (χ0v) is 12.5. The second kappa shape index (κ2) is 6.31. The quantitative estimate of drug-likeness (QED) is 0.769. The van der Waals surface area contributed by atoms with Crippen LogP contribution in [0.25, 0.3) is 11.4 Å². The lowest BCUT2D eigenvalue weighted by atomic mass is 10.2. The highest BCUT2D eigenvalue weighted by atomic mass is 16.4. The lowest BCUT2D eigenvalue weighted by Crippen LogP contribution is -2.32. The number of hydrogen-bond acceptors (Lipinski definition) is 3. The van der Waals surface area contributed by atoms with Crippen LogP contribution < -0.4 is 4.90 Å². The number of para-hydroxylation sites is 1. The van der Waals surface area contributed by atoms with Crippen LogP contribution in [0.2, 0.25) is 0 Å². The predicted molar refractivity (Wildman–Crippen MR) is 87.2 cm³/mol. The van der Waals surface area contributed by atoms with Crippen LogP contribution in [-0.2, 0) is 0 Å². The fraction of sp³-hybridized carbons (Fsp3) is 0.118. The van der Waals surface area contributed by atoms with E-state index >= 15 is 0 Å². The van der Waals surface area contributed by atoms with Crippen LogP contribution in [0.1, 0.15) is 18.8 Å². The van der Waals surface area contributed by atoms with Gasteiger partial charge >= 0.3 is 6.09 Å². The fourth-order valence-electron chi connectivity index (χ4n) is 2.39. The van der Waals surface area contributed by atoms with Gasteiger partial charge in [-0.1, -0.05) is 48.5 Å². The Balaban J connectivity index is 1.91. The number of H-pyrrole nitrogens is 1. The van der Waals surface area contributed by atoms with Crippen molar-refractivity contribution in [1.82, 2.24) is 15.2 Å². The van der Waals surface area contributed by atoms with Crippen LogP contribution in [0.5, 0.6) is 0 Å². The molecule has 1 aromatic heterocycles. The molecule has 0 aliphatic rings. The SMILES string of the molecule is CC(c1nc(-c2ccccc2)n[nH]1)N(C(=O)O)c1ccccc1. The van der Waals surface area contributed by atoms with E-state index in [1.807, 2.05) is 36.4 Å². The maximum absolute atomic E-state index is 11.7. The molecule has 0 spiro atoms. The molecule has 1 heterocycles. The van der Waals surface area contributed by atoms with Gasteiger partial charge in [0.05, 0.1) is 6.04 Å². The van der Waals surface area contributed by atoms with Crippen molar-refractivity contribution in [2.24, 2.45) is 0 Å². The first-order valence-corrected chi connectivity index (χ1v) is 7.21. The molecular formula is C17H16N4O2. The Labute approximate surface area is 133 Å². The summed E-state index contributed by atoms with van der Waals surface area (Å²) in [5.41, 5.74) is 1.47. The van der Waals surface area contributed by atoms with Crippen LogP contribution in [0.15, 0.2) is 60.7 Å². The van der Waals surface area contributed by atoms with E-state index in [1.54, 1.807) is 31.2 Å². The van der Waals surface area contributed by atoms with Gasteiger partial charge in [0, 0.05) is 11.3 Å². The molecule has 116 valence electrons. The van der Waals surface area contributed by atoms with Gasteiger partial charge in [-0.05, 0) is 19.1 Å². The average molecular weight is 308 g/mol. The minimum atomic E-state index is -1.04. The summed E-state index contributed by atoms with van der Waals surface area (Å²) in [6.07, 6.45) is -1.04. The van der Waals surface area contributed by atoms with E-state index in [-0.39, 0.29) is 0 Å². The van der Waals surface area contributed by atoms with Gasteiger partial charge in [-0.25, -0.2) is 9.78 Å². The number of rotatable bonds is 4. The van der Waals surface area contributed by atoms with E-state index in [4.69, 9.17) is 0 Å². The van der Waals surface area contributed by atoms with E-state index < -0.39 is 12.1 Å². The van der Waals surface area contributed by atoms with Crippen molar-refractivity contribution in [3.63, 3.8) is 0 Å². The molecule has 2 aromatic carbocycles. The van der Waals surface area contributed by atoms with Gasteiger partial charge in [-0.3, -0.25) is 10.00 Å². The Morgan fingerprint density at radius 1 is 1.09 bits per heavy atom. The van der Waals surface area contributed by atoms with Gasteiger partial charge in [-0.2, -0.15) is 5.10 Å². The predicted octanol–water partition coefficient (Wildman–Crippen LogP) is 3.72. The Morgan fingerprint density at radius 3 is 2.30 bits per heavy atom. The zero-order valence-electron chi connectivity index (χ0n) is 12.5. The molecule has 1 unspecified atom stereocenters. The minimum Gasteiger partial charge on any atom is -0.465 e. The van der Waals surface area contributed by atoms with E-state index in [0.717, 1.165) is 5.56 Å². The van der Waals surface area contributed by atoms with E-state index in [1.165, 1.54) is 4.90 Å². The van der Waals surface area contributed by atoms with Gasteiger partial charge in [0.1, 0.15) is 5.82 Å². The number of amides is 1. The summed E-state index contributed by atoms with van der Waals surface area (Å²) in [4.78, 5) is 17.4. The summed E-state index contributed by atoms with van der Waals surface area (Å²) in [5.74, 6) is 1.04. The summed E-state index contributed by atoms with van der Waals surface area (Å²) >= 11 is 0. The Bertz CT molecular complexity index is 787. The van der Waals surface area contributed by atoms with Crippen molar-refractivity contribution in [2.45, 2.75) is 13.0 Å². The number of carboxylic acid groups (broad SMARTS) is 1.